The predicted octanol–water partition coefficient (Wildman–Crippen LogP) is 2.25. The molecule has 0 amide bonds. The van der Waals surface area contributed by atoms with Gasteiger partial charge in [0.25, 0.3) is 0 Å². The second-order valence-corrected chi connectivity index (χ2v) is 5.03. The molecule has 1 rings (SSSR count). The largest absolute Gasteiger partial charge is 0.356 e. The number of hydrogen-bond donors (Lipinski definition) is 0. The lowest BCUT2D eigenvalue weighted by atomic mass is 10.1. The normalized spacial score (nSPS) is 28.1. The number of ether oxygens (including phenoxy) is 2. The molecule has 0 aliphatic heterocycles. The molecule has 1 saturated carbocycles. The van der Waals surface area contributed by atoms with E-state index in [1.807, 2.05) is 0 Å². The minimum absolute atomic E-state index is 0.128. The zero-order chi connectivity index (χ0) is 11.6. The fraction of sp³-hybridized carbons (Fsp3) is 0.917. The quantitative estimate of drug-likeness (QED) is 0.636. The third-order valence-electron chi connectivity index (χ3n) is 3.70. The van der Waals surface area contributed by atoms with Gasteiger partial charge in [-0.3, -0.25) is 0 Å². The highest BCUT2D eigenvalue weighted by molar-refractivity contribution is 5.75. The third-order valence-corrected chi connectivity index (χ3v) is 3.70. The molecule has 0 aromatic heterocycles. The number of carbonyl (C=O) groups excluding carboxylic acids is 1. The minimum atomic E-state index is -0.128. The molecular weight excluding hydrogens is 192 g/mol. The lowest BCUT2D eigenvalue weighted by Crippen LogP contribution is -2.18. The van der Waals surface area contributed by atoms with Crippen molar-refractivity contribution in [3.63, 3.8) is 0 Å². The Morgan fingerprint density at radius 2 is 1.87 bits per heavy atom. The zero-order valence-electron chi connectivity index (χ0n) is 10.4. The molecule has 88 valence electrons. The Morgan fingerprint density at radius 1 is 1.33 bits per heavy atom. The van der Waals surface area contributed by atoms with Crippen molar-refractivity contribution < 1.29 is 14.3 Å². The van der Waals surface area contributed by atoms with Gasteiger partial charge in [0, 0.05) is 26.6 Å². The molecule has 0 bridgehead atoms. The van der Waals surface area contributed by atoms with E-state index in [1.54, 1.807) is 21.1 Å². The van der Waals surface area contributed by atoms with Gasteiger partial charge < -0.3 is 14.3 Å². The Morgan fingerprint density at radius 3 is 2.27 bits per heavy atom. The van der Waals surface area contributed by atoms with Crippen molar-refractivity contribution in [1.29, 1.82) is 0 Å². The zero-order valence-corrected chi connectivity index (χ0v) is 10.4. The Bertz CT molecular complexity index is 231. The summed E-state index contributed by atoms with van der Waals surface area (Å²) in [6.45, 7) is 6.08. The molecule has 0 aromatic carbocycles. The van der Waals surface area contributed by atoms with Gasteiger partial charge in [-0.2, -0.15) is 0 Å². The van der Waals surface area contributed by atoms with Crippen molar-refractivity contribution in [2.75, 3.05) is 14.2 Å². The fourth-order valence-corrected chi connectivity index (χ4v) is 2.63. The second-order valence-electron chi connectivity index (χ2n) is 5.03. The van der Waals surface area contributed by atoms with Crippen molar-refractivity contribution in [3.8, 4) is 0 Å². The van der Waals surface area contributed by atoms with Gasteiger partial charge in [0.1, 0.15) is 5.78 Å². The molecule has 0 radical (unpaired) electrons. The van der Waals surface area contributed by atoms with Crippen molar-refractivity contribution in [2.24, 2.45) is 17.3 Å². The van der Waals surface area contributed by atoms with Gasteiger partial charge in [-0.05, 0) is 24.7 Å². The molecule has 1 aliphatic carbocycles. The average molecular weight is 214 g/mol. The summed E-state index contributed by atoms with van der Waals surface area (Å²) in [4.78, 5) is 10.9. The van der Waals surface area contributed by atoms with Gasteiger partial charge in [0.05, 0.1) is 0 Å². The van der Waals surface area contributed by atoms with Gasteiger partial charge in [0.15, 0.2) is 6.29 Å². The number of methoxy groups -OCH3 is 2. The van der Waals surface area contributed by atoms with Crippen LogP contribution >= 0.6 is 0 Å². The minimum Gasteiger partial charge on any atom is -0.356 e. The van der Waals surface area contributed by atoms with Crippen LogP contribution in [-0.4, -0.2) is 26.3 Å². The highest BCUT2D eigenvalue weighted by atomic mass is 16.7. The van der Waals surface area contributed by atoms with Crippen molar-refractivity contribution in [2.45, 2.75) is 39.9 Å². The molecule has 0 unspecified atom stereocenters. The van der Waals surface area contributed by atoms with Crippen LogP contribution in [0.5, 0.6) is 0 Å². The fourth-order valence-electron chi connectivity index (χ4n) is 2.63. The maximum absolute atomic E-state index is 10.9. The molecule has 1 aliphatic rings. The molecule has 0 saturated heterocycles. The lowest BCUT2D eigenvalue weighted by molar-refractivity contribution is -0.124. The second kappa shape index (κ2) is 4.62. The van der Waals surface area contributed by atoms with Crippen molar-refractivity contribution in [3.05, 3.63) is 0 Å². The van der Waals surface area contributed by atoms with Crippen LogP contribution in [0, 0.1) is 17.3 Å². The van der Waals surface area contributed by atoms with E-state index in [4.69, 9.17) is 9.47 Å². The highest BCUT2D eigenvalue weighted by Crippen LogP contribution is 2.62. The number of ketones is 1. The van der Waals surface area contributed by atoms with Gasteiger partial charge in [0.2, 0.25) is 0 Å². The molecule has 15 heavy (non-hydrogen) atoms. The van der Waals surface area contributed by atoms with Crippen LogP contribution in [-0.2, 0) is 14.3 Å². The van der Waals surface area contributed by atoms with E-state index in [9.17, 15) is 4.79 Å². The van der Waals surface area contributed by atoms with E-state index in [1.165, 1.54) is 0 Å². The maximum atomic E-state index is 10.9. The van der Waals surface area contributed by atoms with E-state index in [0.29, 0.717) is 18.3 Å². The summed E-state index contributed by atoms with van der Waals surface area (Å²) in [6.07, 6.45) is 1.50. The summed E-state index contributed by atoms with van der Waals surface area (Å²) >= 11 is 0. The summed E-state index contributed by atoms with van der Waals surface area (Å²) in [5, 5.41) is 0. The molecule has 1 fully saturated rings. The monoisotopic (exact) mass is 214 g/mol. The molecule has 3 heteroatoms. The summed E-state index contributed by atoms with van der Waals surface area (Å²) in [7, 11) is 3.34. The van der Waals surface area contributed by atoms with E-state index in [-0.39, 0.29) is 17.5 Å². The lowest BCUT2D eigenvalue weighted by Gasteiger charge is -2.14. The Balaban J connectivity index is 2.50. The van der Waals surface area contributed by atoms with E-state index in [0.717, 1.165) is 6.42 Å². The van der Waals surface area contributed by atoms with E-state index in [2.05, 4.69) is 13.8 Å². The van der Waals surface area contributed by atoms with Crippen LogP contribution in [0.15, 0.2) is 0 Å². The number of rotatable bonds is 6. The van der Waals surface area contributed by atoms with Gasteiger partial charge in [-0.15, -0.1) is 0 Å². The number of hydrogen-bond acceptors (Lipinski definition) is 3. The van der Waals surface area contributed by atoms with E-state index < -0.39 is 0 Å². The van der Waals surface area contributed by atoms with Gasteiger partial charge in [-0.25, -0.2) is 0 Å². The third kappa shape index (κ3) is 2.58. The SMILES string of the molecule is COC(OC)[C@@H]1[C@H](CCC(C)=O)C1(C)C. The van der Waals surface area contributed by atoms with Gasteiger partial charge in [-0.1, -0.05) is 13.8 Å². The predicted molar refractivity (Wildman–Crippen MR) is 58.5 cm³/mol. The summed E-state index contributed by atoms with van der Waals surface area (Å²) in [5.74, 6) is 1.24. The Hall–Kier alpha value is -0.410. The smallest absolute Gasteiger partial charge is 0.160 e. The molecule has 0 N–H and O–H groups in total. The first-order valence-electron chi connectivity index (χ1n) is 5.50. The van der Waals surface area contributed by atoms with Crippen LogP contribution in [0.25, 0.3) is 0 Å². The first-order chi connectivity index (χ1) is 6.95. The van der Waals surface area contributed by atoms with Crippen LogP contribution < -0.4 is 0 Å². The summed E-state index contributed by atoms with van der Waals surface area (Å²) in [5.41, 5.74) is 0.242. The molecule has 3 nitrogen and oxygen atoms in total. The van der Waals surface area contributed by atoms with Crippen LogP contribution in [0.4, 0.5) is 0 Å². The van der Waals surface area contributed by atoms with Crippen LogP contribution in [0.2, 0.25) is 0 Å². The maximum Gasteiger partial charge on any atom is 0.160 e. The van der Waals surface area contributed by atoms with Crippen molar-refractivity contribution in [1.82, 2.24) is 0 Å². The first kappa shape index (κ1) is 12.7. The van der Waals surface area contributed by atoms with Gasteiger partial charge >= 0.3 is 0 Å². The molecule has 0 heterocycles. The standard InChI is InChI=1S/C12H22O3/c1-8(13)6-7-9-10(12(9,2)3)11(14-4)15-5/h9-11H,6-7H2,1-5H3/t9-,10-/m0/s1. The topological polar surface area (TPSA) is 35.5 Å². The number of Topliss-reactive ketones (excluding diaryl/α,β-unsaturated/α-hetero) is 1. The highest BCUT2D eigenvalue weighted by Gasteiger charge is 2.60. The van der Waals surface area contributed by atoms with Crippen LogP contribution in [0.1, 0.15) is 33.6 Å². The average Bonchev–Trinajstić information content (AvgIpc) is 2.68. The van der Waals surface area contributed by atoms with Crippen LogP contribution in [0.3, 0.4) is 0 Å². The molecule has 0 aromatic rings. The Labute approximate surface area is 92.1 Å². The molecule has 0 spiro atoms. The van der Waals surface area contributed by atoms with E-state index >= 15 is 0 Å². The van der Waals surface area contributed by atoms with Crippen molar-refractivity contribution >= 4 is 5.78 Å². The molecular formula is C12H22O3. The first-order valence-corrected chi connectivity index (χ1v) is 5.50. The number of carbonyl (C=O) groups is 1. The molecule has 2 atom stereocenters. The summed E-state index contributed by atoms with van der Waals surface area (Å²) in [6, 6.07) is 0. The Kier molecular flexibility index (Phi) is 3.90. The summed E-state index contributed by atoms with van der Waals surface area (Å²) < 4.78 is 10.6.